The van der Waals surface area contributed by atoms with Crippen molar-refractivity contribution in [3.8, 4) is 5.69 Å². The molecule has 3 rings (SSSR count). The predicted molar refractivity (Wildman–Crippen MR) is 101 cm³/mol. The highest BCUT2D eigenvalue weighted by molar-refractivity contribution is 6.32. The van der Waals surface area contributed by atoms with Crippen LogP contribution >= 0.6 is 11.6 Å². The third-order valence-corrected chi connectivity index (χ3v) is 4.26. The lowest BCUT2D eigenvalue weighted by molar-refractivity contribution is -0.121. The maximum atomic E-state index is 13.1. The van der Waals surface area contributed by atoms with E-state index < -0.39 is 0 Å². The Morgan fingerprint density at radius 1 is 1.26 bits per heavy atom. The van der Waals surface area contributed by atoms with Crippen molar-refractivity contribution in [1.82, 2.24) is 25.0 Å². The van der Waals surface area contributed by atoms with E-state index in [2.05, 4.69) is 20.7 Å². The molecule has 1 N–H and O–H groups in total. The second kappa shape index (κ2) is 7.71. The van der Waals surface area contributed by atoms with E-state index in [-0.39, 0.29) is 18.3 Å². The summed E-state index contributed by atoms with van der Waals surface area (Å²) in [6.07, 6.45) is 1.43. The van der Waals surface area contributed by atoms with Crippen molar-refractivity contribution in [2.75, 3.05) is 0 Å². The molecular weight excluding hydrogens is 371 g/mol. The standard InChI is InChI=1S/C18H18ClFN6O/c1-11-8-12(2)25(23-11)10-17(27)22-21-9-16-13(3)24-26(18(16)19)15-6-4-14(20)5-7-15/h4-9H,10H2,1-3H3,(H,22,27)/b21-9+. The Kier molecular flexibility index (Phi) is 5.36. The predicted octanol–water partition coefficient (Wildman–Crippen LogP) is 2.94. The Hall–Kier alpha value is -3.00. The number of hydrogen-bond acceptors (Lipinski definition) is 4. The lowest BCUT2D eigenvalue weighted by Gasteiger charge is -2.03. The number of benzene rings is 1. The van der Waals surface area contributed by atoms with E-state index in [0.29, 0.717) is 22.1 Å². The smallest absolute Gasteiger partial charge is 0.261 e. The lowest BCUT2D eigenvalue weighted by Crippen LogP contribution is -2.24. The molecule has 0 atom stereocenters. The largest absolute Gasteiger partial charge is 0.271 e. The van der Waals surface area contributed by atoms with Crippen LogP contribution in [0.1, 0.15) is 22.6 Å². The van der Waals surface area contributed by atoms with Crippen molar-refractivity contribution in [2.24, 2.45) is 5.10 Å². The van der Waals surface area contributed by atoms with Crippen molar-refractivity contribution < 1.29 is 9.18 Å². The first-order chi connectivity index (χ1) is 12.8. The zero-order valence-electron chi connectivity index (χ0n) is 15.1. The molecule has 0 aliphatic rings. The fraction of sp³-hybridized carbons (Fsp3) is 0.222. The average molecular weight is 389 g/mol. The molecule has 1 aromatic carbocycles. The van der Waals surface area contributed by atoms with Gasteiger partial charge in [-0.3, -0.25) is 9.48 Å². The maximum Gasteiger partial charge on any atom is 0.261 e. The summed E-state index contributed by atoms with van der Waals surface area (Å²) in [5.74, 6) is -0.650. The quantitative estimate of drug-likeness (QED) is 0.539. The van der Waals surface area contributed by atoms with Gasteiger partial charge in [-0.15, -0.1) is 0 Å². The summed E-state index contributed by atoms with van der Waals surface area (Å²) in [6.45, 7) is 5.58. The Balaban J connectivity index is 1.71. The van der Waals surface area contributed by atoms with Gasteiger partial charge in [-0.25, -0.2) is 14.5 Å². The van der Waals surface area contributed by atoms with Gasteiger partial charge in [-0.2, -0.15) is 15.3 Å². The number of nitrogens with zero attached hydrogens (tertiary/aromatic N) is 5. The Morgan fingerprint density at radius 3 is 2.59 bits per heavy atom. The minimum Gasteiger partial charge on any atom is -0.271 e. The highest BCUT2D eigenvalue weighted by atomic mass is 35.5. The molecule has 0 fully saturated rings. The van der Waals surface area contributed by atoms with Crippen LogP contribution in [0, 0.1) is 26.6 Å². The van der Waals surface area contributed by atoms with Gasteiger partial charge in [-0.1, -0.05) is 11.6 Å². The fourth-order valence-corrected chi connectivity index (χ4v) is 2.91. The first-order valence-corrected chi connectivity index (χ1v) is 8.57. The van der Waals surface area contributed by atoms with E-state index >= 15 is 0 Å². The average Bonchev–Trinajstić information content (AvgIpc) is 3.07. The molecule has 0 aliphatic carbocycles. The van der Waals surface area contributed by atoms with Gasteiger partial charge in [0.2, 0.25) is 0 Å². The molecule has 0 saturated heterocycles. The highest BCUT2D eigenvalue weighted by Crippen LogP contribution is 2.22. The van der Waals surface area contributed by atoms with Gasteiger partial charge in [0.25, 0.3) is 5.91 Å². The summed E-state index contributed by atoms with van der Waals surface area (Å²) in [5.41, 5.74) is 6.00. The van der Waals surface area contributed by atoms with Crippen LogP contribution in [0.5, 0.6) is 0 Å². The number of rotatable bonds is 5. The molecule has 2 aromatic heterocycles. The van der Waals surface area contributed by atoms with Crippen LogP contribution in [0.4, 0.5) is 4.39 Å². The van der Waals surface area contributed by atoms with Gasteiger partial charge in [0.05, 0.1) is 28.9 Å². The van der Waals surface area contributed by atoms with Gasteiger partial charge < -0.3 is 0 Å². The third-order valence-electron chi connectivity index (χ3n) is 3.90. The topological polar surface area (TPSA) is 77.1 Å². The number of aryl methyl sites for hydroxylation is 3. The van der Waals surface area contributed by atoms with Crippen LogP contribution in [0.2, 0.25) is 5.15 Å². The number of nitrogens with one attached hydrogen (secondary N) is 1. The molecule has 0 bridgehead atoms. The molecule has 0 radical (unpaired) electrons. The zero-order valence-corrected chi connectivity index (χ0v) is 15.8. The summed E-state index contributed by atoms with van der Waals surface area (Å²) >= 11 is 6.36. The summed E-state index contributed by atoms with van der Waals surface area (Å²) in [6, 6.07) is 7.70. The number of carbonyl (C=O) groups excluding carboxylic acids is 1. The Bertz CT molecular complexity index is 1010. The Labute approximate surface area is 160 Å². The summed E-state index contributed by atoms with van der Waals surface area (Å²) < 4.78 is 16.2. The number of hydrogen-bond donors (Lipinski definition) is 1. The molecule has 1 amide bonds. The number of hydrazone groups is 1. The normalized spacial score (nSPS) is 11.3. The van der Waals surface area contributed by atoms with Gasteiger partial charge in [0.1, 0.15) is 17.5 Å². The van der Waals surface area contributed by atoms with E-state index in [0.717, 1.165) is 11.4 Å². The number of carbonyl (C=O) groups is 1. The van der Waals surface area contributed by atoms with Crippen molar-refractivity contribution in [2.45, 2.75) is 27.3 Å². The second-order valence-electron chi connectivity index (χ2n) is 6.06. The van der Waals surface area contributed by atoms with E-state index in [9.17, 15) is 9.18 Å². The summed E-state index contributed by atoms with van der Waals surface area (Å²) in [7, 11) is 0. The van der Waals surface area contributed by atoms with Crippen molar-refractivity contribution >= 4 is 23.7 Å². The summed E-state index contributed by atoms with van der Waals surface area (Å²) in [5, 5.41) is 12.8. The van der Waals surface area contributed by atoms with Crippen LogP contribution in [-0.4, -0.2) is 31.7 Å². The minimum atomic E-state index is -0.342. The fourth-order valence-electron chi connectivity index (χ4n) is 2.59. The van der Waals surface area contributed by atoms with Gasteiger partial charge >= 0.3 is 0 Å². The van der Waals surface area contributed by atoms with Crippen LogP contribution in [0.15, 0.2) is 35.4 Å². The molecule has 2 heterocycles. The molecule has 0 unspecified atom stereocenters. The van der Waals surface area contributed by atoms with E-state index in [4.69, 9.17) is 11.6 Å². The number of amides is 1. The third kappa shape index (κ3) is 4.22. The first kappa shape index (κ1) is 18.8. The molecule has 0 aliphatic heterocycles. The molecule has 0 saturated carbocycles. The van der Waals surface area contributed by atoms with Crippen LogP contribution in [0.25, 0.3) is 5.69 Å². The van der Waals surface area contributed by atoms with Crippen LogP contribution in [0.3, 0.4) is 0 Å². The molecule has 0 spiro atoms. The van der Waals surface area contributed by atoms with Crippen LogP contribution in [-0.2, 0) is 11.3 Å². The summed E-state index contributed by atoms with van der Waals surface area (Å²) in [4.78, 5) is 12.0. The molecule has 7 nitrogen and oxygen atoms in total. The molecule has 27 heavy (non-hydrogen) atoms. The van der Waals surface area contributed by atoms with E-state index in [1.165, 1.54) is 23.0 Å². The zero-order chi connectivity index (χ0) is 19.6. The molecule has 140 valence electrons. The molecular formula is C18H18ClFN6O. The van der Waals surface area contributed by atoms with Gasteiger partial charge in [0.15, 0.2) is 0 Å². The van der Waals surface area contributed by atoms with Crippen molar-refractivity contribution in [1.29, 1.82) is 0 Å². The van der Waals surface area contributed by atoms with Crippen molar-refractivity contribution in [3.05, 3.63) is 63.9 Å². The lowest BCUT2D eigenvalue weighted by atomic mass is 10.3. The van der Waals surface area contributed by atoms with Gasteiger partial charge in [-0.05, 0) is 51.1 Å². The molecule has 3 aromatic rings. The van der Waals surface area contributed by atoms with E-state index in [1.54, 1.807) is 23.7 Å². The number of halogens is 2. The second-order valence-corrected chi connectivity index (χ2v) is 6.41. The highest BCUT2D eigenvalue weighted by Gasteiger charge is 2.13. The number of aromatic nitrogens is 4. The maximum absolute atomic E-state index is 13.1. The molecule has 9 heteroatoms. The first-order valence-electron chi connectivity index (χ1n) is 8.19. The van der Waals surface area contributed by atoms with Gasteiger partial charge in [0, 0.05) is 5.69 Å². The SMILES string of the molecule is Cc1cc(C)n(CC(=O)N/N=C/c2c(C)nn(-c3ccc(F)cc3)c2Cl)n1. The van der Waals surface area contributed by atoms with Crippen molar-refractivity contribution in [3.63, 3.8) is 0 Å². The Morgan fingerprint density at radius 2 is 1.96 bits per heavy atom. The minimum absolute atomic E-state index is 0.0680. The van der Waals surface area contributed by atoms with E-state index in [1.807, 2.05) is 19.9 Å². The monoisotopic (exact) mass is 388 g/mol. The van der Waals surface area contributed by atoms with Crippen LogP contribution < -0.4 is 5.43 Å².